The molecule has 5 aliphatic heterocycles. The third kappa shape index (κ3) is 7.25. The number of rotatable bonds is 2. The molecule has 47 heavy (non-hydrogen) atoms. The SMILES string of the molecule is CC(C)C1NCCC2OCCCOC3CCCC(F)C3C3NC4C(CC3F)C(N3CCN(C(=O)OC(C)(C)C)C[C@@H]3C)NC(=O)N4C21. The molecule has 0 aromatic heterocycles. The van der Waals surface area contributed by atoms with Gasteiger partial charge in [-0.1, -0.05) is 13.8 Å². The summed E-state index contributed by atoms with van der Waals surface area (Å²) in [6, 6.07) is -1.44. The van der Waals surface area contributed by atoms with Crippen LogP contribution in [0.4, 0.5) is 18.4 Å². The van der Waals surface area contributed by atoms with E-state index < -0.39 is 42.2 Å². The Balaban J connectivity index is 1.34. The first-order valence-electron chi connectivity index (χ1n) is 18.2. The van der Waals surface area contributed by atoms with Gasteiger partial charge in [0.1, 0.15) is 17.9 Å². The summed E-state index contributed by atoms with van der Waals surface area (Å²) in [5.41, 5.74) is -0.601. The number of hydrogen-bond donors (Lipinski definition) is 3. The van der Waals surface area contributed by atoms with Gasteiger partial charge in [0, 0.05) is 62.8 Å². The molecule has 1 saturated carbocycles. The molecule has 13 heteroatoms. The lowest BCUT2D eigenvalue weighted by molar-refractivity contribution is -0.120. The molecular weight excluding hydrogens is 610 g/mol. The van der Waals surface area contributed by atoms with Crippen molar-refractivity contribution in [1.29, 1.82) is 0 Å². The number of carbonyl (C=O) groups excluding carboxylic acids is 2. The van der Waals surface area contributed by atoms with E-state index in [1.165, 1.54) is 0 Å². The van der Waals surface area contributed by atoms with Gasteiger partial charge in [-0.2, -0.15) is 0 Å². The Morgan fingerprint density at radius 2 is 1.74 bits per heavy atom. The summed E-state index contributed by atoms with van der Waals surface area (Å²) in [4.78, 5) is 33.2. The van der Waals surface area contributed by atoms with Crippen molar-refractivity contribution in [2.75, 3.05) is 39.4 Å². The molecular formula is C34H58F2N6O5. The highest BCUT2D eigenvalue weighted by Crippen LogP contribution is 2.42. The molecule has 11 nitrogen and oxygen atoms in total. The van der Waals surface area contributed by atoms with Gasteiger partial charge < -0.3 is 34.6 Å². The molecule has 0 spiro atoms. The monoisotopic (exact) mass is 668 g/mol. The summed E-state index contributed by atoms with van der Waals surface area (Å²) >= 11 is 0. The number of hydrogen-bond acceptors (Lipinski definition) is 8. The zero-order chi connectivity index (χ0) is 33.6. The van der Waals surface area contributed by atoms with E-state index in [4.69, 9.17) is 14.2 Å². The van der Waals surface area contributed by atoms with Crippen LogP contribution in [0.5, 0.6) is 0 Å². The smallest absolute Gasteiger partial charge is 0.410 e. The lowest BCUT2D eigenvalue weighted by Crippen LogP contribution is -2.80. The molecule has 3 amide bonds. The quantitative estimate of drug-likeness (QED) is 0.410. The summed E-state index contributed by atoms with van der Waals surface area (Å²) < 4.78 is 51.0. The first kappa shape index (κ1) is 35.0. The van der Waals surface area contributed by atoms with E-state index in [1.807, 2.05) is 32.6 Å². The Morgan fingerprint density at radius 3 is 2.45 bits per heavy atom. The van der Waals surface area contributed by atoms with Crippen molar-refractivity contribution >= 4 is 12.1 Å². The summed E-state index contributed by atoms with van der Waals surface area (Å²) in [5.74, 6) is -0.748. The van der Waals surface area contributed by atoms with Crippen LogP contribution in [-0.2, 0) is 14.2 Å². The fraction of sp³-hybridized carbons (Fsp3) is 0.941. The second-order valence-electron chi connectivity index (χ2n) is 16.1. The lowest BCUT2D eigenvalue weighted by atomic mass is 9.73. The van der Waals surface area contributed by atoms with Crippen molar-refractivity contribution in [3.05, 3.63) is 0 Å². The molecule has 6 rings (SSSR count). The third-order valence-electron chi connectivity index (χ3n) is 11.3. The summed E-state index contributed by atoms with van der Waals surface area (Å²) in [5, 5.41) is 10.6. The minimum absolute atomic E-state index is 0.0333. The Hall–Kier alpha value is -1.80. The molecule has 6 aliphatic rings. The van der Waals surface area contributed by atoms with E-state index in [1.54, 1.807) is 4.90 Å². The van der Waals surface area contributed by atoms with Crippen molar-refractivity contribution in [2.45, 2.75) is 147 Å². The molecule has 5 heterocycles. The van der Waals surface area contributed by atoms with E-state index in [0.29, 0.717) is 58.5 Å². The molecule has 0 radical (unpaired) electrons. The number of nitrogens with one attached hydrogen (secondary N) is 3. The van der Waals surface area contributed by atoms with E-state index in [9.17, 15) is 9.59 Å². The number of urea groups is 1. The van der Waals surface area contributed by atoms with Crippen molar-refractivity contribution in [3.63, 3.8) is 0 Å². The number of amides is 3. The Bertz CT molecular complexity index is 1110. The fourth-order valence-electron chi connectivity index (χ4n) is 9.25. The average molecular weight is 669 g/mol. The summed E-state index contributed by atoms with van der Waals surface area (Å²) in [6.07, 6.45) is -1.06. The second kappa shape index (κ2) is 14.2. The molecule has 0 aromatic rings. The number of halogens is 2. The maximum Gasteiger partial charge on any atom is 0.410 e. The highest BCUT2D eigenvalue weighted by atomic mass is 19.1. The standard InChI is InChI=1S/C34H58F2N6O5/c1-19(2)27-29-25(11-12-37-27)46-16-8-15-45-24-10-7-9-22(35)26(24)28-23(36)17-21-30(39-32(43)42(29)31(21)38-28)41-14-13-40(18-20(41)3)33(44)47-34(4,5)6/h19-31,37-38H,7-18H2,1-6H3,(H,39,43)/t20-,21?,22?,23?,24?,25?,26?,27?,28?,29?,30?,31?/m0/s1. The number of carbonyl (C=O) groups is 2. The average Bonchev–Trinajstić information content (AvgIpc) is 3.01. The molecule has 6 fully saturated rings. The Morgan fingerprint density at radius 1 is 1.00 bits per heavy atom. The van der Waals surface area contributed by atoms with Crippen LogP contribution in [0.1, 0.15) is 80.1 Å². The van der Waals surface area contributed by atoms with Crippen LogP contribution >= 0.6 is 0 Å². The first-order valence-corrected chi connectivity index (χ1v) is 18.2. The lowest BCUT2D eigenvalue weighted by Gasteiger charge is -2.59. The van der Waals surface area contributed by atoms with E-state index in [-0.39, 0.29) is 60.7 Å². The van der Waals surface area contributed by atoms with Crippen LogP contribution in [0.25, 0.3) is 0 Å². The largest absolute Gasteiger partial charge is 0.444 e. The van der Waals surface area contributed by atoms with E-state index in [2.05, 4.69) is 34.7 Å². The van der Waals surface area contributed by atoms with Gasteiger partial charge in [-0.3, -0.25) is 10.2 Å². The maximum absolute atomic E-state index is 16.7. The van der Waals surface area contributed by atoms with Gasteiger partial charge in [-0.15, -0.1) is 0 Å². The fourth-order valence-corrected chi connectivity index (χ4v) is 9.25. The van der Waals surface area contributed by atoms with Gasteiger partial charge in [0.05, 0.1) is 30.6 Å². The van der Waals surface area contributed by atoms with Gasteiger partial charge in [0.15, 0.2) is 0 Å². The van der Waals surface area contributed by atoms with Gasteiger partial charge in [-0.25, -0.2) is 18.4 Å². The van der Waals surface area contributed by atoms with Gasteiger partial charge in [0.25, 0.3) is 0 Å². The zero-order valence-electron chi connectivity index (χ0n) is 29.1. The minimum atomic E-state index is -1.32. The Labute approximate surface area is 279 Å². The number of fused-ring (bicyclic) bond motifs is 5. The van der Waals surface area contributed by atoms with Crippen molar-refractivity contribution < 1.29 is 32.6 Å². The minimum Gasteiger partial charge on any atom is -0.444 e. The van der Waals surface area contributed by atoms with Crippen molar-refractivity contribution in [2.24, 2.45) is 17.8 Å². The van der Waals surface area contributed by atoms with Crippen LogP contribution in [0, 0.1) is 17.8 Å². The highest BCUT2D eigenvalue weighted by molar-refractivity contribution is 5.77. The number of ether oxygens (including phenoxy) is 3. The number of alkyl halides is 2. The molecule has 0 aromatic carbocycles. The van der Waals surface area contributed by atoms with Crippen LogP contribution in [0.3, 0.4) is 0 Å². The second-order valence-corrected chi connectivity index (χ2v) is 16.1. The van der Waals surface area contributed by atoms with Gasteiger partial charge in [0.2, 0.25) is 0 Å². The predicted molar refractivity (Wildman–Crippen MR) is 173 cm³/mol. The third-order valence-corrected chi connectivity index (χ3v) is 11.3. The predicted octanol–water partition coefficient (Wildman–Crippen LogP) is 3.62. The summed E-state index contributed by atoms with van der Waals surface area (Å²) in [6.45, 7) is 15.0. The Kier molecular flexibility index (Phi) is 10.6. The molecule has 268 valence electrons. The molecule has 11 unspecified atom stereocenters. The molecule has 12 atom stereocenters. The van der Waals surface area contributed by atoms with Crippen LogP contribution in [0.2, 0.25) is 0 Å². The first-order chi connectivity index (χ1) is 22.3. The molecule has 2 bridgehead atoms. The number of nitrogens with zero attached hydrogens (tertiary/aromatic N) is 3. The maximum atomic E-state index is 16.7. The topological polar surface area (TPSA) is 108 Å². The molecule has 3 N–H and O–H groups in total. The molecule has 5 saturated heterocycles. The zero-order valence-corrected chi connectivity index (χ0v) is 29.1. The molecule has 1 aliphatic carbocycles. The van der Waals surface area contributed by atoms with Crippen LogP contribution in [-0.4, -0.2) is 133 Å². The number of piperidine rings is 2. The van der Waals surface area contributed by atoms with E-state index >= 15 is 8.78 Å². The number of piperazine rings is 1. The van der Waals surface area contributed by atoms with Gasteiger partial charge in [-0.05, 0) is 78.7 Å². The summed E-state index contributed by atoms with van der Waals surface area (Å²) in [7, 11) is 0. The van der Waals surface area contributed by atoms with Gasteiger partial charge >= 0.3 is 12.1 Å². The van der Waals surface area contributed by atoms with Crippen LogP contribution in [0.15, 0.2) is 0 Å². The van der Waals surface area contributed by atoms with Crippen molar-refractivity contribution in [1.82, 2.24) is 30.7 Å². The van der Waals surface area contributed by atoms with Crippen LogP contribution < -0.4 is 16.0 Å². The van der Waals surface area contributed by atoms with E-state index in [0.717, 1.165) is 13.0 Å². The highest BCUT2D eigenvalue weighted by Gasteiger charge is 2.58. The van der Waals surface area contributed by atoms with Crippen molar-refractivity contribution in [3.8, 4) is 0 Å². The normalized spacial score (nSPS) is 42.3.